The molecule has 2 aliphatic heterocycles. The molecule has 2 aromatic rings. The zero-order chi connectivity index (χ0) is 17.4. The SMILES string of the molecule is O=C1OCC(Cc2ccc3c(c2)OCO3)C1C(O)c1ccc(O)cc1. The van der Waals surface area contributed by atoms with Crippen molar-refractivity contribution in [2.45, 2.75) is 12.5 Å². The summed E-state index contributed by atoms with van der Waals surface area (Å²) in [7, 11) is 0. The first-order valence-electron chi connectivity index (χ1n) is 8.14. The molecule has 6 nitrogen and oxygen atoms in total. The molecule has 1 fully saturated rings. The lowest BCUT2D eigenvalue weighted by molar-refractivity contribution is -0.144. The number of carbonyl (C=O) groups excluding carboxylic acids is 1. The summed E-state index contributed by atoms with van der Waals surface area (Å²) in [6, 6.07) is 11.9. The summed E-state index contributed by atoms with van der Waals surface area (Å²) in [6.45, 7) is 0.485. The van der Waals surface area contributed by atoms with E-state index in [1.807, 2.05) is 18.2 Å². The molecule has 0 radical (unpaired) electrons. The fourth-order valence-electron chi connectivity index (χ4n) is 3.40. The van der Waals surface area contributed by atoms with Crippen molar-refractivity contribution in [1.29, 1.82) is 0 Å². The van der Waals surface area contributed by atoms with Crippen molar-refractivity contribution in [1.82, 2.24) is 0 Å². The van der Waals surface area contributed by atoms with Crippen LogP contribution in [0, 0.1) is 11.8 Å². The highest BCUT2D eigenvalue weighted by molar-refractivity contribution is 5.75. The molecule has 2 N–H and O–H groups in total. The zero-order valence-corrected chi connectivity index (χ0v) is 13.4. The molecule has 0 bridgehead atoms. The topological polar surface area (TPSA) is 85.2 Å². The Morgan fingerprint density at radius 1 is 1.04 bits per heavy atom. The van der Waals surface area contributed by atoms with E-state index >= 15 is 0 Å². The number of aliphatic hydroxyl groups excluding tert-OH is 1. The maximum absolute atomic E-state index is 12.2. The average Bonchev–Trinajstić information content (AvgIpc) is 3.21. The number of phenolic OH excluding ortho intramolecular Hbond substituents is 1. The van der Waals surface area contributed by atoms with Crippen LogP contribution >= 0.6 is 0 Å². The van der Waals surface area contributed by atoms with Crippen LogP contribution in [-0.4, -0.2) is 29.6 Å². The van der Waals surface area contributed by atoms with E-state index in [1.165, 1.54) is 12.1 Å². The van der Waals surface area contributed by atoms with Gasteiger partial charge in [0.05, 0.1) is 18.6 Å². The molecule has 0 aliphatic carbocycles. The van der Waals surface area contributed by atoms with Crippen molar-refractivity contribution in [2.75, 3.05) is 13.4 Å². The van der Waals surface area contributed by atoms with E-state index < -0.39 is 18.0 Å². The van der Waals surface area contributed by atoms with Crippen molar-refractivity contribution < 1.29 is 29.2 Å². The van der Waals surface area contributed by atoms with Gasteiger partial charge in [0.15, 0.2) is 11.5 Å². The van der Waals surface area contributed by atoms with Crippen molar-refractivity contribution in [2.24, 2.45) is 11.8 Å². The Bertz CT molecular complexity index is 785. The van der Waals surface area contributed by atoms with E-state index in [4.69, 9.17) is 14.2 Å². The predicted octanol–water partition coefficient (Wildman–Crippen LogP) is 2.19. The first-order chi connectivity index (χ1) is 12.1. The molecule has 130 valence electrons. The number of phenols is 1. The summed E-state index contributed by atoms with van der Waals surface area (Å²) < 4.78 is 15.9. The smallest absolute Gasteiger partial charge is 0.312 e. The molecular weight excluding hydrogens is 324 g/mol. The second-order valence-electron chi connectivity index (χ2n) is 6.34. The molecular formula is C19H18O6. The van der Waals surface area contributed by atoms with Crippen LogP contribution in [0.4, 0.5) is 0 Å². The summed E-state index contributed by atoms with van der Waals surface area (Å²) in [6.07, 6.45) is -0.392. The standard InChI is InChI=1S/C19H18O6/c20-14-4-2-12(3-5-14)18(21)17-13(9-23-19(17)22)7-11-1-6-15-16(8-11)25-10-24-15/h1-6,8,13,17-18,20-21H,7,9-10H2. The van der Waals surface area contributed by atoms with Crippen molar-refractivity contribution in [3.8, 4) is 17.2 Å². The van der Waals surface area contributed by atoms with Gasteiger partial charge in [-0.25, -0.2) is 0 Å². The van der Waals surface area contributed by atoms with Gasteiger partial charge in [-0.15, -0.1) is 0 Å². The minimum absolute atomic E-state index is 0.113. The second-order valence-corrected chi connectivity index (χ2v) is 6.34. The first-order valence-corrected chi connectivity index (χ1v) is 8.14. The van der Waals surface area contributed by atoms with E-state index in [-0.39, 0.29) is 25.1 Å². The molecule has 25 heavy (non-hydrogen) atoms. The van der Waals surface area contributed by atoms with Gasteiger partial charge in [-0.2, -0.15) is 0 Å². The quantitative estimate of drug-likeness (QED) is 0.829. The monoisotopic (exact) mass is 342 g/mol. The number of rotatable bonds is 4. The zero-order valence-electron chi connectivity index (χ0n) is 13.4. The van der Waals surface area contributed by atoms with Gasteiger partial charge in [-0.3, -0.25) is 4.79 Å². The van der Waals surface area contributed by atoms with E-state index in [1.54, 1.807) is 12.1 Å². The van der Waals surface area contributed by atoms with Gasteiger partial charge in [-0.1, -0.05) is 18.2 Å². The Hall–Kier alpha value is -2.73. The number of esters is 1. The number of ether oxygens (including phenoxy) is 3. The molecule has 0 spiro atoms. The number of carbonyl (C=O) groups is 1. The number of cyclic esters (lactones) is 1. The maximum Gasteiger partial charge on any atom is 0.312 e. The average molecular weight is 342 g/mol. The third-order valence-corrected chi connectivity index (χ3v) is 4.73. The van der Waals surface area contributed by atoms with Gasteiger partial charge in [0.1, 0.15) is 5.75 Å². The van der Waals surface area contributed by atoms with Crippen LogP contribution in [0.3, 0.4) is 0 Å². The largest absolute Gasteiger partial charge is 0.508 e. The Kier molecular flexibility index (Phi) is 3.97. The molecule has 0 aromatic heterocycles. The highest BCUT2D eigenvalue weighted by Crippen LogP contribution is 2.38. The van der Waals surface area contributed by atoms with Gasteiger partial charge >= 0.3 is 5.97 Å². The third-order valence-electron chi connectivity index (χ3n) is 4.73. The minimum Gasteiger partial charge on any atom is -0.508 e. The van der Waals surface area contributed by atoms with Crippen LogP contribution in [0.25, 0.3) is 0 Å². The van der Waals surface area contributed by atoms with Crippen LogP contribution in [0.5, 0.6) is 17.2 Å². The van der Waals surface area contributed by atoms with E-state index in [2.05, 4.69) is 0 Å². The predicted molar refractivity (Wildman–Crippen MR) is 87.3 cm³/mol. The fraction of sp³-hybridized carbons (Fsp3) is 0.316. The highest BCUT2D eigenvalue weighted by atomic mass is 16.7. The van der Waals surface area contributed by atoms with E-state index in [9.17, 15) is 15.0 Å². The molecule has 2 aliphatic rings. The molecule has 0 amide bonds. The minimum atomic E-state index is -0.977. The molecule has 2 heterocycles. The maximum atomic E-state index is 12.2. The number of hydrogen-bond donors (Lipinski definition) is 2. The first kappa shape index (κ1) is 15.8. The Morgan fingerprint density at radius 3 is 2.60 bits per heavy atom. The number of benzene rings is 2. The Morgan fingerprint density at radius 2 is 1.80 bits per heavy atom. The van der Waals surface area contributed by atoms with Crippen molar-refractivity contribution in [3.05, 3.63) is 53.6 Å². The van der Waals surface area contributed by atoms with Crippen LogP contribution < -0.4 is 9.47 Å². The summed E-state index contributed by atoms with van der Waals surface area (Å²) in [5, 5.41) is 20.0. The second kappa shape index (κ2) is 6.29. The van der Waals surface area contributed by atoms with Gasteiger partial charge < -0.3 is 24.4 Å². The van der Waals surface area contributed by atoms with E-state index in [0.717, 1.165) is 5.56 Å². The van der Waals surface area contributed by atoms with Gasteiger partial charge in [-0.05, 0) is 41.8 Å². The molecule has 3 unspecified atom stereocenters. The van der Waals surface area contributed by atoms with E-state index in [0.29, 0.717) is 23.5 Å². The molecule has 3 atom stereocenters. The van der Waals surface area contributed by atoms with Crippen LogP contribution in [0.2, 0.25) is 0 Å². The summed E-state index contributed by atoms with van der Waals surface area (Å²) in [5.41, 5.74) is 1.58. The lowest BCUT2D eigenvalue weighted by Gasteiger charge is -2.21. The number of aromatic hydroxyl groups is 1. The fourth-order valence-corrected chi connectivity index (χ4v) is 3.40. The summed E-state index contributed by atoms with van der Waals surface area (Å²) in [5.74, 6) is 0.335. The van der Waals surface area contributed by atoms with Crippen LogP contribution in [-0.2, 0) is 16.0 Å². The van der Waals surface area contributed by atoms with Crippen LogP contribution in [0.1, 0.15) is 17.2 Å². The number of fused-ring (bicyclic) bond motifs is 1. The number of hydrogen-bond acceptors (Lipinski definition) is 6. The summed E-state index contributed by atoms with van der Waals surface area (Å²) >= 11 is 0. The molecule has 0 saturated carbocycles. The molecule has 2 aromatic carbocycles. The molecule has 6 heteroatoms. The lowest BCUT2D eigenvalue weighted by atomic mass is 9.83. The third kappa shape index (κ3) is 3.00. The van der Waals surface area contributed by atoms with Crippen LogP contribution in [0.15, 0.2) is 42.5 Å². The Labute approximate surface area is 144 Å². The molecule has 1 saturated heterocycles. The normalized spacial score (nSPS) is 22.7. The van der Waals surface area contributed by atoms with Gasteiger partial charge in [0, 0.05) is 5.92 Å². The van der Waals surface area contributed by atoms with Gasteiger partial charge in [0.2, 0.25) is 6.79 Å². The lowest BCUT2D eigenvalue weighted by Crippen LogP contribution is -2.25. The van der Waals surface area contributed by atoms with Gasteiger partial charge in [0.25, 0.3) is 0 Å². The van der Waals surface area contributed by atoms with Crippen molar-refractivity contribution in [3.63, 3.8) is 0 Å². The van der Waals surface area contributed by atoms with Crippen molar-refractivity contribution >= 4 is 5.97 Å². The Balaban J connectivity index is 1.54. The summed E-state index contributed by atoms with van der Waals surface area (Å²) in [4.78, 5) is 12.2. The number of aliphatic hydroxyl groups is 1. The molecule has 4 rings (SSSR count). The highest BCUT2D eigenvalue weighted by Gasteiger charge is 2.42.